The maximum absolute atomic E-state index is 12.4. The summed E-state index contributed by atoms with van der Waals surface area (Å²) in [4.78, 5) is 20.0. The van der Waals surface area contributed by atoms with Crippen LogP contribution in [0.3, 0.4) is 0 Å². The average molecular weight is 452 g/mol. The highest BCUT2D eigenvalue weighted by Crippen LogP contribution is 2.30. The minimum Gasteiger partial charge on any atom is -0.495 e. The van der Waals surface area contributed by atoms with E-state index in [0.717, 1.165) is 16.6 Å². The molecule has 9 nitrogen and oxygen atoms in total. The summed E-state index contributed by atoms with van der Waals surface area (Å²) in [5.41, 5.74) is 3.47. The number of fused-ring (bicyclic) bond motifs is 1. The molecular weight excluding hydrogens is 430 g/mol. The topological polar surface area (TPSA) is 125 Å². The Balaban J connectivity index is 1.51. The van der Waals surface area contributed by atoms with E-state index >= 15 is 0 Å². The summed E-state index contributed by atoms with van der Waals surface area (Å²) in [6, 6.07) is 17.7. The molecule has 2 amide bonds. The number of urea groups is 1. The zero-order valence-corrected chi connectivity index (χ0v) is 18.2. The number of H-pyrrole nitrogens is 1. The molecule has 0 saturated heterocycles. The number of amides is 2. The highest BCUT2D eigenvalue weighted by atomic mass is 32.2. The number of ether oxygens (including phenoxy) is 1. The number of para-hydroxylation sites is 2. The second kappa shape index (κ2) is 8.60. The highest BCUT2D eigenvalue weighted by Gasteiger charge is 2.18. The van der Waals surface area contributed by atoms with Gasteiger partial charge in [0.05, 0.1) is 28.7 Å². The SMILES string of the molecule is COc1ccc(NC(=O)NS(=O)(=O)c2ccc(C)cc2)cc1Nc1nc2ccccc2[nH]1. The number of benzene rings is 3. The quantitative estimate of drug-likeness (QED) is 0.349. The van der Waals surface area contributed by atoms with Gasteiger partial charge in [-0.15, -0.1) is 0 Å². The molecule has 0 aliphatic carbocycles. The lowest BCUT2D eigenvalue weighted by atomic mass is 10.2. The number of rotatable bonds is 6. The first-order valence-electron chi connectivity index (χ1n) is 9.64. The second-order valence-corrected chi connectivity index (χ2v) is 8.70. The van der Waals surface area contributed by atoms with Gasteiger partial charge in [-0.3, -0.25) is 0 Å². The minimum atomic E-state index is -4.00. The van der Waals surface area contributed by atoms with E-state index in [0.29, 0.717) is 23.1 Å². The zero-order chi connectivity index (χ0) is 22.7. The molecule has 0 fully saturated rings. The molecule has 0 atom stereocenters. The van der Waals surface area contributed by atoms with Crippen LogP contribution in [0, 0.1) is 6.92 Å². The van der Waals surface area contributed by atoms with E-state index in [1.54, 1.807) is 30.3 Å². The predicted molar refractivity (Wildman–Crippen MR) is 123 cm³/mol. The van der Waals surface area contributed by atoms with Crippen molar-refractivity contribution >= 4 is 44.4 Å². The Kier molecular flexibility index (Phi) is 5.69. The molecule has 0 spiro atoms. The van der Waals surface area contributed by atoms with Gasteiger partial charge >= 0.3 is 6.03 Å². The smallest absolute Gasteiger partial charge is 0.333 e. The van der Waals surface area contributed by atoms with Crippen LogP contribution in [0.25, 0.3) is 11.0 Å². The van der Waals surface area contributed by atoms with Crippen LogP contribution in [-0.4, -0.2) is 31.5 Å². The van der Waals surface area contributed by atoms with E-state index in [4.69, 9.17) is 4.74 Å². The number of methoxy groups -OCH3 is 1. The van der Waals surface area contributed by atoms with E-state index in [2.05, 4.69) is 20.6 Å². The molecule has 0 saturated carbocycles. The molecule has 0 unspecified atom stereocenters. The predicted octanol–water partition coefficient (Wildman–Crippen LogP) is 4.13. The lowest BCUT2D eigenvalue weighted by Gasteiger charge is -2.13. The fourth-order valence-corrected chi connectivity index (χ4v) is 3.99. The first-order valence-corrected chi connectivity index (χ1v) is 11.1. The molecule has 0 bridgehead atoms. The van der Waals surface area contributed by atoms with Gasteiger partial charge in [0.25, 0.3) is 10.0 Å². The van der Waals surface area contributed by atoms with Crippen molar-refractivity contribution in [3.05, 3.63) is 72.3 Å². The van der Waals surface area contributed by atoms with Gasteiger partial charge in [-0.05, 0) is 49.4 Å². The van der Waals surface area contributed by atoms with Crippen LogP contribution in [0.2, 0.25) is 0 Å². The lowest BCUT2D eigenvalue weighted by molar-refractivity contribution is 0.256. The summed E-state index contributed by atoms with van der Waals surface area (Å²) in [5, 5.41) is 5.65. The molecule has 0 radical (unpaired) electrons. The lowest BCUT2D eigenvalue weighted by Crippen LogP contribution is -2.34. The summed E-state index contributed by atoms with van der Waals surface area (Å²) in [7, 11) is -2.48. The van der Waals surface area contributed by atoms with Gasteiger partial charge in [-0.2, -0.15) is 0 Å². The van der Waals surface area contributed by atoms with E-state index < -0.39 is 16.1 Å². The van der Waals surface area contributed by atoms with E-state index in [9.17, 15) is 13.2 Å². The van der Waals surface area contributed by atoms with Crippen LogP contribution >= 0.6 is 0 Å². The summed E-state index contributed by atoms with van der Waals surface area (Å²) >= 11 is 0. The van der Waals surface area contributed by atoms with Crippen LogP contribution in [0.4, 0.5) is 22.1 Å². The standard InChI is InChI=1S/C22H21N5O4S/c1-14-7-10-16(11-8-14)32(29,30)27-22(28)23-15-9-12-20(31-2)19(13-15)26-21-24-17-5-3-4-6-18(17)25-21/h3-13H,1-2H3,(H2,23,27,28)(H2,24,25,26). The Morgan fingerprint density at radius 1 is 1.03 bits per heavy atom. The first kappa shape index (κ1) is 21.2. The largest absolute Gasteiger partial charge is 0.495 e. The van der Waals surface area contributed by atoms with Crippen LogP contribution in [0.1, 0.15) is 5.56 Å². The molecule has 0 aliphatic rings. The monoisotopic (exact) mass is 451 g/mol. The average Bonchev–Trinajstić information content (AvgIpc) is 3.16. The number of aryl methyl sites for hydroxylation is 1. The van der Waals surface area contributed by atoms with Gasteiger partial charge in [0.1, 0.15) is 5.75 Å². The molecule has 164 valence electrons. The molecule has 1 heterocycles. The molecule has 4 rings (SSSR count). The number of carbonyl (C=O) groups excluding carboxylic acids is 1. The molecule has 1 aromatic heterocycles. The van der Waals surface area contributed by atoms with Crippen molar-refractivity contribution in [3.63, 3.8) is 0 Å². The van der Waals surface area contributed by atoms with Gasteiger partial charge < -0.3 is 20.4 Å². The van der Waals surface area contributed by atoms with Crippen molar-refractivity contribution in [2.75, 3.05) is 17.7 Å². The number of aromatic amines is 1. The van der Waals surface area contributed by atoms with Crippen molar-refractivity contribution in [2.45, 2.75) is 11.8 Å². The van der Waals surface area contributed by atoms with Crippen molar-refractivity contribution < 1.29 is 17.9 Å². The number of anilines is 3. The molecular formula is C22H21N5O4S. The van der Waals surface area contributed by atoms with E-state index in [1.165, 1.54) is 19.2 Å². The third kappa shape index (κ3) is 4.65. The Morgan fingerprint density at radius 3 is 2.50 bits per heavy atom. The maximum Gasteiger partial charge on any atom is 0.333 e. The van der Waals surface area contributed by atoms with E-state index in [1.807, 2.05) is 35.9 Å². The Hall–Kier alpha value is -4.05. The molecule has 0 aliphatic heterocycles. The van der Waals surface area contributed by atoms with Gasteiger partial charge in [-0.25, -0.2) is 22.9 Å². The Bertz CT molecular complexity index is 1350. The Labute approximate surface area is 184 Å². The van der Waals surface area contributed by atoms with Crippen LogP contribution in [0.15, 0.2) is 71.6 Å². The van der Waals surface area contributed by atoms with Crippen LogP contribution in [-0.2, 0) is 10.0 Å². The molecule has 3 aromatic carbocycles. The summed E-state index contributed by atoms with van der Waals surface area (Å²) in [5.74, 6) is 1.01. The number of hydrogen-bond acceptors (Lipinski definition) is 6. The van der Waals surface area contributed by atoms with Crippen molar-refractivity contribution in [2.24, 2.45) is 0 Å². The number of imidazole rings is 1. The molecule has 10 heteroatoms. The number of hydrogen-bond donors (Lipinski definition) is 4. The Morgan fingerprint density at radius 2 is 1.78 bits per heavy atom. The summed E-state index contributed by atoms with van der Waals surface area (Å²) in [6.45, 7) is 1.84. The number of aromatic nitrogens is 2. The second-order valence-electron chi connectivity index (χ2n) is 7.02. The normalized spacial score (nSPS) is 11.2. The molecule has 32 heavy (non-hydrogen) atoms. The third-order valence-electron chi connectivity index (χ3n) is 4.66. The first-order chi connectivity index (χ1) is 15.3. The van der Waals surface area contributed by atoms with Gasteiger partial charge in [0.2, 0.25) is 5.95 Å². The van der Waals surface area contributed by atoms with Gasteiger partial charge in [-0.1, -0.05) is 29.8 Å². The van der Waals surface area contributed by atoms with Crippen LogP contribution in [0.5, 0.6) is 5.75 Å². The van der Waals surface area contributed by atoms with Gasteiger partial charge in [0.15, 0.2) is 0 Å². The van der Waals surface area contributed by atoms with Crippen molar-refractivity contribution in [3.8, 4) is 5.75 Å². The van der Waals surface area contributed by atoms with Crippen molar-refractivity contribution in [1.29, 1.82) is 0 Å². The molecule has 4 N–H and O–H groups in total. The number of nitrogens with zero attached hydrogens (tertiary/aromatic N) is 1. The van der Waals surface area contributed by atoms with Gasteiger partial charge in [0, 0.05) is 5.69 Å². The van der Waals surface area contributed by atoms with Crippen LogP contribution < -0.4 is 20.1 Å². The zero-order valence-electron chi connectivity index (χ0n) is 17.3. The van der Waals surface area contributed by atoms with Crippen molar-refractivity contribution in [1.82, 2.24) is 14.7 Å². The summed E-state index contributed by atoms with van der Waals surface area (Å²) < 4.78 is 32.2. The third-order valence-corrected chi connectivity index (χ3v) is 6.01. The number of carbonyl (C=O) groups is 1. The maximum atomic E-state index is 12.4. The fourth-order valence-electron chi connectivity index (χ4n) is 3.08. The number of sulfonamides is 1. The minimum absolute atomic E-state index is 0.000206. The fraction of sp³-hybridized carbons (Fsp3) is 0.0909. The molecule has 4 aromatic rings. The van der Waals surface area contributed by atoms with E-state index in [-0.39, 0.29) is 4.90 Å². The highest BCUT2D eigenvalue weighted by molar-refractivity contribution is 7.90. The summed E-state index contributed by atoms with van der Waals surface area (Å²) in [6.07, 6.45) is 0. The number of nitrogens with one attached hydrogen (secondary N) is 4.